The molecule has 0 unspecified atom stereocenters. The van der Waals surface area contributed by atoms with Crippen LogP contribution in [0.2, 0.25) is 0 Å². The fourth-order valence-corrected chi connectivity index (χ4v) is 2.19. The monoisotopic (exact) mass is 460 g/mol. The quantitative estimate of drug-likeness (QED) is 0.257. The summed E-state index contributed by atoms with van der Waals surface area (Å²) in [5.74, 6) is 1.08. The van der Waals surface area contributed by atoms with Crippen molar-refractivity contribution in [3.8, 4) is 6.07 Å². The minimum Gasteiger partial charge on any atom is -0.381 e. The Balaban J connectivity index is 0.00000312. The van der Waals surface area contributed by atoms with Gasteiger partial charge in [-0.15, -0.1) is 24.0 Å². The number of nitrogens with one attached hydrogen (secondary N) is 2. The van der Waals surface area contributed by atoms with Crippen LogP contribution < -0.4 is 10.6 Å². The molecule has 1 aliphatic rings. The molecule has 7 heteroatoms. The zero-order chi connectivity index (χ0) is 17.2. The summed E-state index contributed by atoms with van der Waals surface area (Å²) in [5.41, 5.74) is 0.853. The third-order valence-corrected chi connectivity index (χ3v) is 3.73. The Labute approximate surface area is 166 Å². The molecule has 2 N–H and O–H groups in total. The molecule has 1 aliphatic carbocycles. The van der Waals surface area contributed by atoms with Gasteiger partial charge in [-0.1, -0.05) is 0 Å². The average Bonchev–Trinajstić information content (AvgIpc) is 3.41. The van der Waals surface area contributed by atoms with Gasteiger partial charge in [0, 0.05) is 31.9 Å². The van der Waals surface area contributed by atoms with Gasteiger partial charge < -0.3 is 15.4 Å². The van der Waals surface area contributed by atoms with E-state index < -0.39 is 0 Å². The number of rotatable bonds is 9. The molecular formula is C18H26FIN4O. The maximum atomic E-state index is 13.8. The topological polar surface area (TPSA) is 69.4 Å². The molecule has 5 nitrogen and oxygen atoms in total. The lowest BCUT2D eigenvalue weighted by Gasteiger charge is -2.11. The summed E-state index contributed by atoms with van der Waals surface area (Å²) in [6, 6.07) is 6.32. The molecule has 1 saturated carbocycles. The van der Waals surface area contributed by atoms with E-state index in [9.17, 15) is 4.39 Å². The Morgan fingerprint density at radius 1 is 1.40 bits per heavy atom. The van der Waals surface area contributed by atoms with E-state index in [0.29, 0.717) is 17.1 Å². The van der Waals surface area contributed by atoms with Gasteiger partial charge in [0.1, 0.15) is 5.82 Å². The van der Waals surface area contributed by atoms with Crippen LogP contribution in [0.3, 0.4) is 0 Å². The summed E-state index contributed by atoms with van der Waals surface area (Å²) in [4.78, 5) is 4.38. The number of aliphatic imine (C=N–C) groups is 1. The van der Waals surface area contributed by atoms with Crippen LogP contribution in [0.15, 0.2) is 23.2 Å². The van der Waals surface area contributed by atoms with Gasteiger partial charge in [-0.05, 0) is 50.3 Å². The van der Waals surface area contributed by atoms with Crippen LogP contribution in [0.25, 0.3) is 0 Å². The fraction of sp³-hybridized carbons (Fsp3) is 0.556. The highest BCUT2D eigenvalue weighted by Crippen LogP contribution is 2.28. The van der Waals surface area contributed by atoms with Gasteiger partial charge in [-0.3, -0.25) is 0 Å². The molecule has 0 amide bonds. The highest BCUT2D eigenvalue weighted by atomic mass is 127. The van der Waals surface area contributed by atoms with Gasteiger partial charge in [0.2, 0.25) is 0 Å². The Bertz CT molecular complexity index is 599. The molecule has 0 aliphatic heterocycles. The van der Waals surface area contributed by atoms with Crippen molar-refractivity contribution in [3.05, 3.63) is 35.1 Å². The molecule has 0 aromatic heterocycles. The molecule has 2 rings (SSSR count). The minimum absolute atomic E-state index is 0. The number of nitrogens with zero attached hydrogens (tertiary/aromatic N) is 2. The highest BCUT2D eigenvalue weighted by Gasteiger charge is 2.20. The molecule has 25 heavy (non-hydrogen) atoms. The Hall–Kier alpha value is -1.40. The maximum Gasteiger partial charge on any atom is 0.191 e. The zero-order valence-corrected chi connectivity index (χ0v) is 16.9. The van der Waals surface area contributed by atoms with Crippen LogP contribution in [0.5, 0.6) is 0 Å². The van der Waals surface area contributed by atoms with E-state index in [4.69, 9.17) is 10.00 Å². The average molecular weight is 460 g/mol. The van der Waals surface area contributed by atoms with E-state index >= 15 is 0 Å². The molecule has 0 radical (unpaired) electrons. The van der Waals surface area contributed by atoms with Crippen molar-refractivity contribution in [1.82, 2.24) is 10.6 Å². The predicted molar refractivity (Wildman–Crippen MR) is 108 cm³/mol. The molecule has 0 atom stereocenters. The van der Waals surface area contributed by atoms with Gasteiger partial charge in [0.05, 0.1) is 18.2 Å². The number of ether oxygens (including phenoxy) is 1. The van der Waals surface area contributed by atoms with Gasteiger partial charge in [0.15, 0.2) is 5.96 Å². The lowest BCUT2D eigenvalue weighted by atomic mass is 10.1. The smallest absolute Gasteiger partial charge is 0.191 e. The molecule has 1 aromatic rings. The third kappa shape index (κ3) is 8.50. The van der Waals surface area contributed by atoms with Gasteiger partial charge >= 0.3 is 0 Å². The molecular weight excluding hydrogens is 434 g/mol. The van der Waals surface area contributed by atoms with Crippen LogP contribution in [0.1, 0.15) is 37.3 Å². The van der Waals surface area contributed by atoms with Crippen molar-refractivity contribution in [3.63, 3.8) is 0 Å². The summed E-state index contributed by atoms with van der Waals surface area (Å²) in [6.45, 7) is 5.26. The Kier molecular flexibility index (Phi) is 10.4. The molecule has 0 saturated heterocycles. The SMILES string of the molecule is CCNC(=NCc1cc(C#N)ccc1F)NCCCOCC1CC1.I. The summed E-state index contributed by atoms with van der Waals surface area (Å²) in [7, 11) is 0. The largest absolute Gasteiger partial charge is 0.381 e. The number of benzene rings is 1. The lowest BCUT2D eigenvalue weighted by Crippen LogP contribution is -2.38. The zero-order valence-electron chi connectivity index (χ0n) is 14.6. The molecule has 0 spiro atoms. The summed E-state index contributed by atoms with van der Waals surface area (Å²) in [5, 5.41) is 15.2. The van der Waals surface area contributed by atoms with Gasteiger partial charge in [0.25, 0.3) is 0 Å². The van der Waals surface area contributed by atoms with Gasteiger partial charge in [-0.2, -0.15) is 5.26 Å². The van der Waals surface area contributed by atoms with E-state index in [1.54, 1.807) is 0 Å². The number of hydrogen-bond acceptors (Lipinski definition) is 3. The number of guanidine groups is 1. The first kappa shape index (κ1) is 21.6. The predicted octanol–water partition coefficient (Wildman–Crippen LogP) is 3.19. The Morgan fingerprint density at radius 3 is 2.88 bits per heavy atom. The minimum atomic E-state index is -0.345. The first-order chi connectivity index (χ1) is 11.7. The molecule has 138 valence electrons. The number of nitriles is 1. The van der Waals surface area contributed by atoms with Crippen LogP contribution in [-0.2, 0) is 11.3 Å². The normalized spacial score (nSPS) is 13.7. The molecule has 1 fully saturated rings. The summed E-state index contributed by atoms with van der Waals surface area (Å²) >= 11 is 0. The lowest BCUT2D eigenvalue weighted by molar-refractivity contribution is 0.123. The maximum absolute atomic E-state index is 13.8. The van der Waals surface area contributed by atoms with Crippen LogP contribution in [0, 0.1) is 23.1 Å². The summed E-state index contributed by atoms with van der Waals surface area (Å²) in [6.07, 6.45) is 3.51. The first-order valence-electron chi connectivity index (χ1n) is 8.51. The van der Waals surface area contributed by atoms with Crippen molar-refractivity contribution in [2.24, 2.45) is 10.9 Å². The van der Waals surface area contributed by atoms with Crippen molar-refractivity contribution in [2.45, 2.75) is 32.7 Å². The third-order valence-electron chi connectivity index (χ3n) is 3.73. The molecule has 0 bridgehead atoms. The molecule has 1 aromatic carbocycles. The number of halogens is 2. The van der Waals surface area contributed by atoms with Crippen molar-refractivity contribution in [2.75, 3.05) is 26.3 Å². The number of hydrogen-bond donors (Lipinski definition) is 2. The van der Waals surface area contributed by atoms with Crippen molar-refractivity contribution in [1.29, 1.82) is 5.26 Å². The second-order valence-electron chi connectivity index (χ2n) is 5.91. The van der Waals surface area contributed by atoms with Gasteiger partial charge in [-0.25, -0.2) is 9.38 Å². The van der Waals surface area contributed by atoms with Crippen LogP contribution in [-0.4, -0.2) is 32.3 Å². The second kappa shape index (κ2) is 12.0. The fourth-order valence-electron chi connectivity index (χ4n) is 2.19. The van der Waals surface area contributed by atoms with E-state index in [2.05, 4.69) is 15.6 Å². The first-order valence-corrected chi connectivity index (χ1v) is 8.51. The van der Waals surface area contributed by atoms with E-state index in [0.717, 1.165) is 38.6 Å². The Morgan fingerprint density at radius 2 is 2.20 bits per heavy atom. The highest BCUT2D eigenvalue weighted by molar-refractivity contribution is 14.0. The second-order valence-corrected chi connectivity index (χ2v) is 5.91. The van der Waals surface area contributed by atoms with Crippen LogP contribution in [0.4, 0.5) is 4.39 Å². The van der Waals surface area contributed by atoms with Crippen LogP contribution >= 0.6 is 24.0 Å². The molecule has 0 heterocycles. The van der Waals surface area contributed by atoms with E-state index in [1.165, 1.54) is 31.0 Å². The van der Waals surface area contributed by atoms with E-state index in [-0.39, 0.29) is 36.3 Å². The van der Waals surface area contributed by atoms with Crippen molar-refractivity contribution < 1.29 is 9.13 Å². The van der Waals surface area contributed by atoms with Crippen molar-refractivity contribution >= 4 is 29.9 Å². The summed E-state index contributed by atoms with van der Waals surface area (Å²) < 4.78 is 19.4. The van der Waals surface area contributed by atoms with E-state index in [1.807, 2.05) is 13.0 Å². The standard InChI is InChI=1S/C18H25FN4O.HI/c1-2-21-18(22-8-3-9-24-13-14-4-5-14)23-12-16-10-15(11-20)6-7-17(16)19;/h6-7,10,14H,2-5,8-9,12-13H2,1H3,(H2,21,22,23);1H.